The third-order valence-electron chi connectivity index (χ3n) is 3.41. The lowest BCUT2D eigenvalue weighted by atomic mass is 10.1. The molecule has 4 nitrogen and oxygen atoms in total. The van der Waals surface area contributed by atoms with Crippen molar-refractivity contribution in [2.24, 2.45) is 5.92 Å². The lowest BCUT2D eigenvalue weighted by Crippen LogP contribution is -2.34. The van der Waals surface area contributed by atoms with Crippen LogP contribution in [-0.4, -0.2) is 28.8 Å². The van der Waals surface area contributed by atoms with Gasteiger partial charge < -0.3 is 10.4 Å². The normalized spacial score (nSPS) is 21.2. The Labute approximate surface area is 124 Å². The number of rotatable bonds is 5. The van der Waals surface area contributed by atoms with Crippen LogP contribution in [0.5, 0.6) is 0 Å². The van der Waals surface area contributed by atoms with Crippen LogP contribution >= 0.6 is 11.8 Å². The molecule has 2 N–H and O–H groups in total. The molecule has 2 atom stereocenters. The summed E-state index contributed by atoms with van der Waals surface area (Å²) < 4.78 is 25.8. The number of thioether (sulfide) groups is 1. The number of carboxylic acid groups (broad SMARTS) is 1. The van der Waals surface area contributed by atoms with E-state index in [1.54, 1.807) is 0 Å². The maximum absolute atomic E-state index is 13.0. The molecule has 1 amide bonds. The molecule has 0 aliphatic heterocycles. The molecular formula is C14H15F2NO3S. The van der Waals surface area contributed by atoms with Crippen LogP contribution in [0.1, 0.15) is 19.3 Å². The fourth-order valence-corrected chi connectivity index (χ4v) is 3.05. The standard InChI is InChI=1S/C14H15F2NO3S/c15-11-4-3-10(6-12(11)16)21-7-13(18)17-9-2-1-8(5-9)14(19)20/h3-4,6,8-9H,1-2,5,7H2,(H,17,18)(H,19,20)/t8-,9+/m0/s1. The van der Waals surface area contributed by atoms with E-state index >= 15 is 0 Å². The summed E-state index contributed by atoms with van der Waals surface area (Å²) in [5, 5.41) is 11.7. The second-order valence-electron chi connectivity index (χ2n) is 4.98. The van der Waals surface area contributed by atoms with Crippen molar-refractivity contribution in [3.8, 4) is 0 Å². The number of amides is 1. The lowest BCUT2D eigenvalue weighted by molar-refractivity contribution is -0.141. The molecule has 1 saturated carbocycles. The number of carbonyl (C=O) groups excluding carboxylic acids is 1. The Hall–Kier alpha value is -1.63. The van der Waals surface area contributed by atoms with E-state index in [-0.39, 0.29) is 17.7 Å². The first-order chi connectivity index (χ1) is 9.95. The van der Waals surface area contributed by atoms with Gasteiger partial charge in [-0.1, -0.05) is 0 Å². The van der Waals surface area contributed by atoms with E-state index in [4.69, 9.17) is 5.11 Å². The first-order valence-corrected chi connectivity index (χ1v) is 7.54. The van der Waals surface area contributed by atoms with Crippen LogP contribution in [0, 0.1) is 17.6 Å². The first kappa shape index (κ1) is 15.8. The molecule has 114 valence electrons. The second kappa shape index (κ2) is 6.89. The molecule has 2 rings (SSSR count). The molecule has 1 aromatic carbocycles. The minimum atomic E-state index is -0.944. The highest BCUT2D eigenvalue weighted by Crippen LogP contribution is 2.26. The third kappa shape index (κ3) is 4.42. The van der Waals surface area contributed by atoms with Crippen molar-refractivity contribution in [1.29, 1.82) is 0 Å². The Balaban J connectivity index is 1.77. The van der Waals surface area contributed by atoms with Crippen LogP contribution in [0.2, 0.25) is 0 Å². The number of carbonyl (C=O) groups is 2. The number of hydrogen-bond acceptors (Lipinski definition) is 3. The highest BCUT2D eigenvalue weighted by Gasteiger charge is 2.30. The van der Waals surface area contributed by atoms with E-state index in [2.05, 4.69) is 5.32 Å². The Morgan fingerprint density at radius 2 is 2.05 bits per heavy atom. The minimum Gasteiger partial charge on any atom is -0.481 e. The summed E-state index contributed by atoms with van der Waals surface area (Å²) in [5.74, 6) is -3.24. The van der Waals surface area contributed by atoms with Crippen molar-refractivity contribution in [1.82, 2.24) is 5.32 Å². The molecule has 0 saturated heterocycles. The zero-order chi connectivity index (χ0) is 15.4. The van der Waals surface area contributed by atoms with Gasteiger partial charge in [0.2, 0.25) is 5.91 Å². The SMILES string of the molecule is O=C(CSc1ccc(F)c(F)c1)N[C@@H]1CC[C@H](C(=O)O)C1. The van der Waals surface area contributed by atoms with E-state index in [0.717, 1.165) is 23.9 Å². The van der Waals surface area contributed by atoms with Crippen molar-refractivity contribution >= 4 is 23.6 Å². The van der Waals surface area contributed by atoms with Gasteiger partial charge in [-0.3, -0.25) is 9.59 Å². The summed E-state index contributed by atoms with van der Waals surface area (Å²) in [7, 11) is 0. The average molecular weight is 315 g/mol. The van der Waals surface area contributed by atoms with Crippen LogP contribution in [0.3, 0.4) is 0 Å². The van der Waals surface area contributed by atoms with Gasteiger partial charge in [-0.2, -0.15) is 0 Å². The Morgan fingerprint density at radius 3 is 2.67 bits per heavy atom. The van der Waals surface area contributed by atoms with E-state index in [1.165, 1.54) is 6.07 Å². The Kier molecular flexibility index (Phi) is 5.17. The quantitative estimate of drug-likeness (QED) is 0.819. The number of halogens is 2. The smallest absolute Gasteiger partial charge is 0.306 e. The van der Waals surface area contributed by atoms with Crippen LogP contribution in [-0.2, 0) is 9.59 Å². The highest BCUT2D eigenvalue weighted by molar-refractivity contribution is 8.00. The van der Waals surface area contributed by atoms with Crippen LogP contribution in [0.25, 0.3) is 0 Å². The minimum absolute atomic E-state index is 0.0826. The second-order valence-corrected chi connectivity index (χ2v) is 6.03. The molecular weight excluding hydrogens is 300 g/mol. The molecule has 0 aromatic heterocycles. The summed E-state index contributed by atoms with van der Waals surface area (Å²) in [5.41, 5.74) is 0. The predicted octanol–water partition coefficient (Wildman–Crippen LogP) is 2.43. The van der Waals surface area contributed by atoms with E-state index in [9.17, 15) is 18.4 Å². The number of benzene rings is 1. The summed E-state index contributed by atoms with van der Waals surface area (Å²) in [6, 6.07) is 3.35. The highest BCUT2D eigenvalue weighted by atomic mass is 32.2. The zero-order valence-corrected chi connectivity index (χ0v) is 12.0. The fourth-order valence-electron chi connectivity index (χ4n) is 2.32. The molecule has 1 aromatic rings. The van der Waals surface area contributed by atoms with Gasteiger partial charge in [-0.15, -0.1) is 11.8 Å². The number of carboxylic acids is 1. The van der Waals surface area contributed by atoms with Crippen LogP contribution in [0.4, 0.5) is 8.78 Å². The molecule has 0 radical (unpaired) electrons. The van der Waals surface area contributed by atoms with Gasteiger partial charge >= 0.3 is 5.97 Å². The summed E-state index contributed by atoms with van der Waals surface area (Å²) in [6.45, 7) is 0. The van der Waals surface area contributed by atoms with E-state index < -0.39 is 23.5 Å². The summed E-state index contributed by atoms with van der Waals surface area (Å²) >= 11 is 1.11. The van der Waals surface area contributed by atoms with Gasteiger partial charge in [0, 0.05) is 10.9 Å². The fraction of sp³-hybridized carbons (Fsp3) is 0.429. The number of hydrogen-bond donors (Lipinski definition) is 2. The molecule has 1 aliphatic rings. The Bertz CT molecular complexity index is 553. The lowest BCUT2D eigenvalue weighted by Gasteiger charge is -2.12. The topological polar surface area (TPSA) is 66.4 Å². The third-order valence-corrected chi connectivity index (χ3v) is 4.40. The van der Waals surface area contributed by atoms with Gasteiger partial charge in [0.15, 0.2) is 11.6 Å². The molecule has 21 heavy (non-hydrogen) atoms. The summed E-state index contributed by atoms with van der Waals surface area (Å²) in [4.78, 5) is 23.0. The zero-order valence-electron chi connectivity index (χ0n) is 11.1. The monoisotopic (exact) mass is 315 g/mol. The molecule has 0 bridgehead atoms. The van der Waals surface area contributed by atoms with E-state index in [1.807, 2.05) is 0 Å². The number of aliphatic carboxylic acids is 1. The molecule has 0 unspecified atom stereocenters. The van der Waals surface area contributed by atoms with Crippen LogP contribution < -0.4 is 5.32 Å². The number of nitrogens with one attached hydrogen (secondary N) is 1. The molecule has 0 spiro atoms. The molecule has 0 heterocycles. The maximum Gasteiger partial charge on any atom is 0.306 e. The van der Waals surface area contributed by atoms with Gasteiger partial charge in [0.05, 0.1) is 11.7 Å². The van der Waals surface area contributed by atoms with Crippen molar-refractivity contribution in [2.45, 2.75) is 30.2 Å². The van der Waals surface area contributed by atoms with Gasteiger partial charge in [0.25, 0.3) is 0 Å². The van der Waals surface area contributed by atoms with Crippen molar-refractivity contribution in [2.75, 3.05) is 5.75 Å². The van der Waals surface area contributed by atoms with Crippen molar-refractivity contribution < 1.29 is 23.5 Å². The van der Waals surface area contributed by atoms with Gasteiger partial charge in [0.1, 0.15) is 0 Å². The first-order valence-electron chi connectivity index (χ1n) is 6.55. The van der Waals surface area contributed by atoms with Gasteiger partial charge in [-0.05, 0) is 37.5 Å². The molecule has 1 aliphatic carbocycles. The van der Waals surface area contributed by atoms with Gasteiger partial charge in [-0.25, -0.2) is 8.78 Å². The molecule has 1 fully saturated rings. The maximum atomic E-state index is 13.0. The van der Waals surface area contributed by atoms with Crippen LogP contribution in [0.15, 0.2) is 23.1 Å². The van der Waals surface area contributed by atoms with Crippen molar-refractivity contribution in [3.63, 3.8) is 0 Å². The predicted molar refractivity (Wildman–Crippen MR) is 74.0 cm³/mol. The molecule has 7 heteroatoms. The summed E-state index contributed by atoms with van der Waals surface area (Å²) in [6.07, 6.45) is 1.66. The largest absolute Gasteiger partial charge is 0.481 e. The van der Waals surface area contributed by atoms with Crippen molar-refractivity contribution in [3.05, 3.63) is 29.8 Å². The van der Waals surface area contributed by atoms with E-state index in [0.29, 0.717) is 24.2 Å². The average Bonchev–Trinajstić information content (AvgIpc) is 2.89. The Morgan fingerprint density at radius 1 is 1.29 bits per heavy atom.